The third-order valence-corrected chi connectivity index (χ3v) is 3.97. The molecule has 0 bridgehead atoms. The number of nitro benzene ring substituents is 1. The van der Waals surface area contributed by atoms with Crippen LogP contribution in [0.5, 0.6) is 0 Å². The third-order valence-electron chi connectivity index (χ3n) is 3.45. The summed E-state index contributed by atoms with van der Waals surface area (Å²) in [7, 11) is 0. The molecule has 0 saturated heterocycles. The second-order valence-electron chi connectivity index (χ2n) is 5.22. The molecule has 8 nitrogen and oxygen atoms in total. The second-order valence-corrected chi connectivity index (χ2v) is 6.14. The summed E-state index contributed by atoms with van der Waals surface area (Å²) in [6.45, 7) is 0. The molecule has 2 aromatic carbocycles. The summed E-state index contributed by atoms with van der Waals surface area (Å²) in [4.78, 5) is 22.2. The van der Waals surface area contributed by atoms with Crippen molar-refractivity contribution in [3.8, 4) is 11.3 Å². The first-order valence-electron chi connectivity index (χ1n) is 7.42. The topological polar surface area (TPSA) is 113 Å². The number of hydrogen-bond donors (Lipinski definition) is 2. The van der Waals surface area contributed by atoms with Crippen LogP contribution in [0, 0.1) is 10.1 Å². The van der Waals surface area contributed by atoms with E-state index in [9.17, 15) is 14.9 Å². The number of nitrogens with one attached hydrogen (secondary N) is 2. The van der Waals surface area contributed by atoms with Gasteiger partial charge in [-0.1, -0.05) is 28.1 Å². The van der Waals surface area contributed by atoms with Crippen molar-refractivity contribution in [1.29, 1.82) is 0 Å². The molecular weight excluding hydrogens is 402 g/mol. The molecule has 3 rings (SSSR count). The highest BCUT2D eigenvalue weighted by molar-refractivity contribution is 9.10. The Morgan fingerprint density at radius 1 is 1.19 bits per heavy atom. The SMILES string of the molecule is O=C(NN=Cc1ccc([N+](=O)[O-])cc1)c1cc(-c2ccc(Br)cc2)n[nH]1. The molecule has 0 unspecified atom stereocenters. The van der Waals surface area contributed by atoms with E-state index in [4.69, 9.17) is 0 Å². The largest absolute Gasteiger partial charge is 0.289 e. The maximum atomic E-state index is 12.1. The van der Waals surface area contributed by atoms with Gasteiger partial charge in [-0.25, -0.2) is 5.43 Å². The van der Waals surface area contributed by atoms with Gasteiger partial charge in [0, 0.05) is 22.2 Å². The van der Waals surface area contributed by atoms with E-state index in [0.717, 1.165) is 10.0 Å². The normalized spacial score (nSPS) is 10.8. The molecule has 0 saturated carbocycles. The number of carbonyl (C=O) groups excluding carboxylic acids is 1. The Labute approximate surface area is 156 Å². The van der Waals surface area contributed by atoms with Crippen molar-refractivity contribution in [3.05, 3.63) is 80.4 Å². The van der Waals surface area contributed by atoms with E-state index in [2.05, 4.69) is 36.7 Å². The number of rotatable bonds is 5. The standard InChI is InChI=1S/C17H12BrN5O3/c18-13-5-3-12(4-6-13)15-9-16(21-20-15)17(24)22-19-10-11-1-7-14(8-2-11)23(25)26/h1-10H,(H,20,21)(H,22,24). The molecule has 130 valence electrons. The lowest BCUT2D eigenvalue weighted by Crippen LogP contribution is -2.17. The number of aromatic nitrogens is 2. The van der Waals surface area contributed by atoms with Gasteiger partial charge in [-0.3, -0.25) is 20.0 Å². The maximum absolute atomic E-state index is 12.1. The Kier molecular flexibility index (Phi) is 5.18. The van der Waals surface area contributed by atoms with E-state index < -0.39 is 10.8 Å². The van der Waals surface area contributed by atoms with E-state index in [1.807, 2.05) is 24.3 Å². The summed E-state index contributed by atoms with van der Waals surface area (Å²) in [5, 5.41) is 21.2. The van der Waals surface area contributed by atoms with E-state index in [-0.39, 0.29) is 11.4 Å². The molecule has 1 heterocycles. The van der Waals surface area contributed by atoms with Crippen molar-refractivity contribution < 1.29 is 9.72 Å². The smallest absolute Gasteiger partial charge is 0.272 e. The molecule has 3 aromatic rings. The molecule has 0 aliphatic carbocycles. The minimum Gasteiger partial charge on any atom is -0.272 e. The van der Waals surface area contributed by atoms with Crippen LogP contribution in [0.3, 0.4) is 0 Å². The van der Waals surface area contributed by atoms with Crippen molar-refractivity contribution in [3.63, 3.8) is 0 Å². The molecular formula is C17H12BrN5O3. The van der Waals surface area contributed by atoms with Gasteiger partial charge in [0.15, 0.2) is 0 Å². The van der Waals surface area contributed by atoms with Gasteiger partial charge in [0.05, 0.1) is 16.8 Å². The molecule has 2 N–H and O–H groups in total. The van der Waals surface area contributed by atoms with E-state index >= 15 is 0 Å². The average Bonchev–Trinajstić information content (AvgIpc) is 3.13. The molecule has 1 amide bonds. The molecule has 0 aliphatic heterocycles. The minimum atomic E-state index is -0.482. The van der Waals surface area contributed by atoms with Gasteiger partial charge in [-0.2, -0.15) is 10.2 Å². The van der Waals surface area contributed by atoms with Gasteiger partial charge in [0.25, 0.3) is 11.6 Å². The molecule has 26 heavy (non-hydrogen) atoms. The molecule has 0 radical (unpaired) electrons. The first kappa shape index (κ1) is 17.5. The van der Waals surface area contributed by atoms with Crippen LogP contribution in [0.1, 0.15) is 16.1 Å². The third kappa shape index (κ3) is 4.19. The van der Waals surface area contributed by atoms with E-state index in [1.165, 1.54) is 30.5 Å². The van der Waals surface area contributed by atoms with Gasteiger partial charge < -0.3 is 0 Å². The van der Waals surface area contributed by atoms with Gasteiger partial charge in [-0.05, 0) is 35.9 Å². The fraction of sp³-hybridized carbons (Fsp3) is 0. The van der Waals surface area contributed by atoms with Crippen LogP contribution in [0.4, 0.5) is 5.69 Å². The Morgan fingerprint density at radius 3 is 2.54 bits per heavy atom. The van der Waals surface area contributed by atoms with Gasteiger partial charge in [0.1, 0.15) is 5.69 Å². The van der Waals surface area contributed by atoms with Crippen LogP contribution in [0.2, 0.25) is 0 Å². The Balaban J connectivity index is 1.63. The number of benzene rings is 2. The summed E-state index contributed by atoms with van der Waals surface area (Å²) in [6, 6.07) is 15.0. The number of halogens is 1. The van der Waals surface area contributed by atoms with Crippen molar-refractivity contribution >= 4 is 33.7 Å². The number of nitro groups is 1. The number of amides is 1. The number of carbonyl (C=O) groups is 1. The van der Waals surface area contributed by atoms with Crippen LogP contribution in [-0.4, -0.2) is 27.2 Å². The zero-order chi connectivity index (χ0) is 18.5. The number of hydrazone groups is 1. The summed E-state index contributed by atoms with van der Waals surface area (Å²) in [5.74, 6) is -0.445. The lowest BCUT2D eigenvalue weighted by molar-refractivity contribution is -0.384. The first-order chi connectivity index (χ1) is 12.5. The monoisotopic (exact) mass is 413 g/mol. The zero-order valence-corrected chi connectivity index (χ0v) is 14.8. The maximum Gasteiger partial charge on any atom is 0.289 e. The second kappa shape index (κ2) is 7.70. The lowest BCUT2D eigenvalue weighted by Gasteiger charge is -1.96. The Hall–Kier alpha value is -3.33. The lowest BCUT2D eigenvalue weighted by atomic mass is 10.1. The minimum absolute atomic E-state index is 0.0101. The highest BCUT2D eigenvalue weighted by Crippen LogP contribution is 2.20. The van der Waals surface area contributed by atoms with Crippen molar-refractivity contribution in [2.45, 2.75) is 0 Å². The molecule has 0 atom stereocenters. The highest BCUT2D eigenvalue weighted by Gasteiger charge is 2.10. The quantitative estimate of drug-likeness (QED) is 0.378. The fourth-order valence-electron chi connectivity index (χ4n) is 2.11. The number of H-pyrrole nitrogens is 1. The van der Waals surface area contributed by atoms with E-state index in [0.29, 0.717) is 11.3 Å². The first-order valence-corrected chi connectivity index (χ1v) is 8.21. The Morgan fingerprint density at radius 2 is 1.88 bits per heavy atom. The van der Waals surface area contributed by atoms with Crippen LogP contribution in [0.15, 0.2) is 64.2 Å². The highest BCUT2D eigenvalue weighted by atomic mass is 79.9. The van der Waals surface area contributed by atoms with Crippen LogP contribution < -0.4 is 5.43 Å². The molecule has 0 aliphatic rings. The average molecular weight is 414 g/mol. The Bertz CT molecular complexity index is 965. The van der Waals surface area contributed by atoms with Gasteiger partial charge in [0.2, 0.25) is 0 Å². The van der Waals surface area contributed by atoms with Crippen molar-refractivity contribution in [2.75, 3.05) is 0 Å². The molecule has 1 aromatic heterocycles. The number of aromatic amines is 1. The summed E-state index contributed by atoms with van der Waals surface area (Å²) >= 11 is 3.36. The van der Waals surface area contributed by atoms with E-state index in [1.54, 1.807) is 6.07 Å². The zero-order valence-electron chi connectivity index (χ0n) is 13.2. The summed E-state index contributed by atoms with van der Waals surface area (Å²) in [5.41, 5.74) is 4.77. The fourth-order valence-corrected chi connectivity index (χ4v) is 2.38. The van der Waals surface area contributed by atoms with Crippen LogP contribution >= 0.6 is 15.9 Å². The summed E-state index contributed by atoms with van der Waals surface area (Å²) < 4.78 is 0.954. The number of hydrogen-bond acceptors (Lipinski definition) is 5. The van der Waals surface area contributed by atoms with Crippen molar-refractivity contribution in [1.82, 2.24) is 15.6 Å². The van der Waals surface area contributed by atoms with Crippen LogP contribution in [-0.2, 0) is 0 Å². The van der Waals surface area contributed by atoms with Crippen molar-refractivity contribution in [2.24, 2.45) is 5.10 Å². The molecule has 0 spiro atoms. The number of non-ortho nitro benzene ring substituents is 1. The van der Waals surface area contributed by atoms with Crippen LogP contribution in [0.25, 0.3) is 11.3 Å². The molecule has 0 fully saturated rings. The summed E-state index contributed by atoms with van der Waals surface area (Å²) in [6.07, 6.45) is 1.40. The predicted molar refractivity (Wildman–Crippen MR) is 99.9 cm³/mol. The van der Waals surface area contributed by atoms with Gasteiger partial charge >= 0.3 is 0 Å². The number of nitrogens with zero attached hydrogens (tertiary/aromatic N) is 3. The molecule has 9 heteroatoms. The van der Waals surface area contributed by atoms with Gasteiger partial charge in [-0.15, -0.1) is 0 Å². The predicted octanol–water partition coefficient (Wildman–Crippen LogP) is 3.51.